The first kappa shape index (κ1) is 28.1. The molecule has 0 bridgehead atoms. The Hall–Kier alpha value is -4.44. The van der Waals surface area contributed by atoms with Crippen LogP contribution in [-0.2, 0) is 16.0 Å². The summed E-state index contributed by atoms with van der Waals surface area (Å²) < 4.78 is 0. The first-order valence-electron chi connectivity index (χ1n) is 13.6. The molecule has 11 heteroatoms. The highest BCUT2D eigenvalue weighted by atomic mass is 35.5. The molecule has 212 valence electrons. The van der Waals surface area contributed by atoms with E-state index in [0.717, 1.165) is 16.6 Å². The van der Waals surface area contributed by atoms with Crippen LogP contribution in [0.2, 0.25) is 5.02 Å². The van der Waals surface area contributed by atoms with Crippen molar-refractivity contribution in [2.24, 2.45) is 0 Å². The van der Waals surface area contributed by atoms with Gasteiger partial charge in [0.05, 0.1) is 5.39 Å². The number of aromatic amines is 1. The molecule has 0 aliphatic carbocycles. The van der Waals surface area contributed by atoms with E-state index in [2.05, 4.69) is 20.3 Å². The van der Waals surface area contributed by atoms with Crippen LogP contribution < -0.4 is 10.2 Å². The van der Waals surface area contributed by atoms with Gasteiger partial charge in [0.15, 0.2) is 0 Å². The summed E-state index contributed by atoms with van der Waals surface area (Å²) in [6, 6.07) is 16.9. The SMILES string of the molecule is CC(=O)NCCN(c1cccc(C(=O)N2CCN(C(=O)CCc3cccc(Cl)c3)CC2)c1)c1ncnc2[nH]ccc12. The number of piperazine rings is 1. The Morgan fingerprint density at radius 1 is 1.00 bits per heavy atom. The number of nitrogens with zero attached hydrogens (tertiary/aromatic N) is 5. The number of amides is 3. The second-order valence-electron chi connectivity index (χ2n) is 9.93. The maximum atomic E-state index is 13.5. The number of nitrogens with one attached hydrogen (secondary N) is 2. The molecule has 5 rings (SSSR count). The van der Waals surface area contributed by atoms with Gasteiger partial charge in [0.2, 0.25) is 11.8 Å². The highest BCUT2D eigenvalue weighted by Gasteiger charge is 2.25. The second kappa shape index (κ2) is 12.8. The molecule has 2 aromatic heterocycles. The zero-order valence-corrected chi connectivity index (χ0v) is 23.6. The highest BCUT2D eigenvalue weighted by molar-refractivity contribution is 6.30. The number of fused-ring (bicyclic) bond motifs is 1. The van der Waals surface area contributed by atoms with Crippen molar-refractivity contribution < 1.29 is 14.4 Å². The lowest BCUT2D eigenvalue weighted by atomic mass is 10.1. The quantitative estimate of drug-likeness (QED) is 0.315. The molecule has 3 heterocycles. The Morgan fingerprint density at radius 3 is 2.56 bits per heavy atom. The van der Waals surface area contributed by atoms with Gasteiger partial charge in [-0.2, -0.15) is 0 Å². The lowest BCUT2D eigenvalue weighted by Crippen LogP contribution is -2.50. The van der Waals surface area contributed by atoms with Crippen molar-refractivity contribution in [3.8, 4) is 0 Å². The number of hydrogen-bond acceptors (Lipinski definition) is 6. The zero-order valence-electron chi connectivity index (χ0n) is 22.8. The van der Waals surface area contributed by atoms with Crippen molar-refractivity contribution in [2.45, 2.75) is 19.8 Å². The number of aryl methyl sites for hydroxylation is 1. The molecule has 0 radical (unpaired) electrons. The largest absolute Gasteiger partial charge is 0.355 e. The molecule has 0 atom stereocenters. The molecule has 41 heavy (non-hydrogen) atoms. The van der Waals surface area contributed by atoms with E-state index in [9.17, 15) is 14.4 Å². The summed E-state index contributed by atoms with van der Waals surface area (Å²) >= 11 is 6.06. The van der Waals surface area contributed by atoms with Crippen LogP contribution in [-0.4, -0.2) is 81.7 Å². The number of hydrogen-bond donors (Lipinski definition) is 2. The third-order valence-corrected chi connectivity index (χ3v) is 7.37. The number of rotatable bonds is 9. The van der Waals surface area contributed by atoms with E-state index in [1.54, 1.807) is 17.2 Å². The van der Waals surface area contributed by atoms with Crippen molar-refractivity contribution in [1.82, 2.24) is 30.1 Å². The van der Waals surface area contributed by atoms with Gasteiger partial charge in [-0.1, -0.05) is 29.8 Å². The van der Waals surface area contributed by atoms with E-state index in [4.69, 9.17) is 11.6 Å². The van der Waals surface area contributed by atoms with Crippen molar-refractivity contribution in [1.29, 1.82) is 0 Å². The van der Waals surface area contributed by atoms with Crippen molar-refractivity contribution >= 4 is 51.9 Å². The molecule has 3 amide bonds. The van der Waals surface area contributed by atoms with Crippen molar-refractivity contribution in [2.75, 3.05) is 44.2 Å². The zero-order chi connectivity index (χ0) is 28.8. The van der Waals surface area contributed by atoms with Crippen LogP contribution in [0.5, 0.6) is 0 Å². The molecule has 1 fully saturated rings. The van der Waals surface area contributed by atoms with E-state index in [-0.39, 0.29) is 17.7 Å². The van der Waals surface area contributed by atoms with Gasteiger partial charge < -0.3 is 25.0 Å². The van der Waals surface area contributed by atoms with E-state index < -0.39 is 0 Å². The van der Waals surface area contributed by atoms with Crippen molar-refractivity contribution in [3.05, 3.63) is 83.3 Å². The standard InChI is InChI=1S/C30H32ClN7O3/c1-21(39)32-12-13-38(29-26-10-11-33-28(26)34-20-35-29)25-7-3-5-23(19-25)30(41)37-16-14-36(15-17-37)27(40)9-8-22-4-2-6-24(31)18-22/h2-7,10-11,18-20H,8-9,12-17H2,1H3,(H,32,39)(H,33,34,35). The lowest BCUT2D eigenvalue weighted by Gasteiger charge is -2.35. The molecular formula is C30H32ClN7O3. The van der Waals surface area contributed by atoms with Crippen LogP contribution in [0.15, 0.2) is 67.1 Å². The van der Waals surface area contributed by atoms with Crippen LogP contribution in [0.3, 0.4) is 0 Å². The summed E-state index contributed by atoms with van der Waals surface area (Å²) in [5.74, 6) is 0.547. The van der Waals surface area contributed by atoms with Crippen LogP contribution in [0.4, 0.5) is 11.5 Å². The number of H-pyrrole nitrogens is 1. The highest BCUT2D eigenvalue weighted by Crippen LogP contribution is 2.30. The van der Waals surface area contributed by atoms with Gasteiger partial charge >= 0.3 is 0 Å². The molecule has 10 nitrogen and oxygen atoms in total. The number of carbonyl (C=O) groups excluding carboxylic acids is 3. The smallest absolute Gasteiger partial charge is 0.254 e. The second-order valence-corrected chi connectivity index (χ2v) is 10.4. The van der Waals surface area contributed by atoms with E-state index in [1.165, 1.54) is 13.3 Å². The van der Waals surface area contributed by atoms with Gasteiger partial charge in [0, 0.05) is 75.1 Å². The predicted molar refractivity (Wildman–Crippen MR) is 158 cm³/mol. The summed E-state index contributed by atoms with van der Waals surface area (Å²) in [6.45, 7) is 4.25. The summed E-state index contributed by atoms with van der Waals surface area (Å²) in [4.78, 5) is 55.3. The summed E-state index contributed by atoms with van der Waals surface area (Å²) in [6.07, 6.45) is 4.33. The molecule has 0 unspecified atom stereocenters. The number of aromatic nitrogens is 3. The fourth-order valence-electron chi connectivity index (χ4n) is 5.03. The van der Waals surface area contributed by atoms with E-state index in [1.807, 2.05) is 58.3 Å². The van der Waals surface area contributed by atoms with Gasteiger partial charge in [-0.05, 0) is 48.4 Å². The Morgan fingerprint density at radius 2 is 1.78 bits per heavy atom. The predicted octanol–water partition coefficient (Wildman–Crippen LogP) is 3.80. The maximum Gasteiger partial charge on any atom is 0.254 e. The first-order valence-corrected chi connectivity index (χ1v) is 14.0. The van der Waals surface area contributed by atoms with Gasteiger partial charge in [0.1, 0.15) is 17.8 Å². The molecule has 2 N–H and O–H groups in total. The first-order chi connectivity index (χ1) is 19.9. The monoisotopic (exact) mass is 573 g/mol. The molecule has 2 aromatic carbocycles. The van der Waals surface area contributed by atoms with Crippen LogP contribution in [0.25, 0.3) is 11.0 Å². The Bertz CT molecular complexity index is 1550. The maximum absolute atomic E-state index is 13.5. The van der Waals surface area contributed by atoms with Crippen LogP contribution in [0, 0.1) is 0 Å². The van der Waals surface area contributed by atoms with Gasteiger partial charge in [0.25, 0.3) is 5.91 Å². The Kier molecular flexibility index (Phi) is 8.79. The summed E-state index contributed by atoms with van der Waals surface area (Å²) in [5, 5.41) is 4.34. The fourth-order valence-corrected chi connectivity index (χ4v) is 5.24. The topological polar surface area (TPSA) is 115 Å². The van der Waals surface area contributed by atoms with Crippen LogP contribution >= 0.6 is 11.6 Å². The minimum absolute atomic E-state index is 0.0785. The van der Waals surface area contributed by atoms with E-state index >= 15 is 0 Å². The molecule has 1 aliphatic rings. The fraction of sp³-hybridized carbons (Fsp3) is 0.300. The van der Waals surface area contributed by atoms with Gasteiger partial charge in [-0.15, -0.1) is 0 Å². The molecule has 1 aliphatic heterocycles. The van der Waals surface area contributed by atoms with Crippen molar-refractivity contribution in [3.63, 3.8) is 0 Å². The molecule has 0 spiro atoms. The normalized spacial score (nSPS) is 13.3. The average molecular weight is 574 g/mol. The Labute approximate surface area is 243 Å². The summed E-state index contributed by atoms with van der Waals surface area (Å²) in [5.41, 5.74) is 3.06. The minimum Gasteiger partial charge on any atom is -0.355 e. The third-order valence-electron chi connectivity index (χ3n) is 7.14. The molecular weight excluding hydrogens is 542 g/mol. The summed E-state index contributed by atoms with van der Waals surface area (Å²) in [7, 11) is 0. The number of carbonyl (C=O) groups is 3. The number of anilines is 2. The van der Waals surface area contributed by atoms with Gasteiger partial charge in [-0.25, -0.2) is 9.97 Å². The number of benzene rings is 2. The minimum atomic E-state index is -0.120. The lowest BCUT2D eigenvalue weighted by molar-refractivity contribution is -0.132. The molecule has 1 saturated heterocycles. The number of halogens is 1. The van der Waals surface area contributed by atoms with E-state index in [0.29, 0.717) is 74.2 Å². The molecule has 4 aromatic rings. The Balaban J connectivity index is 1.25. The average Bonchev–Trinajstić information content (AvgIpc) is 3.47. The van der Waals surface area contributed by atoms with Crippen LogP contribution in [0.1, 0.15) is 29.3 Å². The van der Waals surface area contributed by atoms with Gasteiger partial charge in [-0.3, -0.25) is 14.4 Å². The third kappa shape index (κ3) is 6.83. The molecule has 0 saturated carbocycles.